The molecule has 0 aromatic heterocycles. The zero-order valence-corrected chi connectivity index (χ0v) is 11.9. The molecule has 0 aromatic carbocycles. The first kappa shape index (κ1) is 16.5. The van der Waals surface area contributed by atoms with E-state index in [1.54, 1.807) is 4.90 Å². The van der Waals surface area contributed by atoms with Crippen LogP contribution in [0.5, 0.6) is 0 Å². The predicted molar refractivity (Wildman–Crippen MR) is 68.6 cm³/mol. The summed E-state index contributed by atoms with van der Waals surface area (Å²) in [6, 6.07) is -0.717. The number of halogens is 3. The van der Waals surface area contributed by atoms with Crippen LogP contribution in [0.4, 0.5) is 13.2 Å². The molecule has 0 aromatic rings. The third kappa shape index (κ3) is 3.87. The van der Waals surface area contributed by atoms with Gasteiger partial charge in [0.05, 0.1) is 37.3 Å². The van der Waals surface area contributed by atoms with Crippen LogP contribution in [0, 0.1) is 5.92 Å². The molecule has 2 aliphatic heterocycles. The van der Waals surface area contributed by atoms with Crippen molar-refractivity contribution < 1.29 is 27.8 Å². The molecule has 4 unspecified atom stereocenters. The molecule has 2 saturated heterocycles. The number of carbonyl (C=O) groups is 1. The van der Waals surface area contributed by atoms with Crippen molar-refractivity contribution in [2.24, 2.45) is 5.92 Å². The summed E-state index contributed by atoms with van der Waals surface area (Å²) in [7, 11) is 0. The summed E-state index contributed by atoms with van der Waals surface area (Å²) in [4.78, 5) is 14.0. The van der Waals surface area contributed by atoms with E-state index in [1.165, 1.54) is 0 Å². The van der Waals surface area contributed by atoms with Gasteiger partial charge in [0.1, 0.15) is 0 Å². The summed E-state index contributed by atoms with van der Waals surface area (Å²) < 4.78 is 43.2. The van der Waals surface area contributed by atoms with Crippen LogP contribution in [0.15, 0.2) is 0 Å². The molecule has 0 radical (unpaired) electrons. The number of hydrogen-bond acceptors (Lipinski definition) is 4. The van der Waals surface area contributed by atoms with E-state index in [0.29, 0.717) is 6.61 Å². The van der Waals surface area contributed by atoms with E-state index >= 15 is 0 Å². The molecule has 122 valence electrons. The van der Waals surface area contributed by atoms with Gasteiger partial charge in [-0.15, -0.1) is 0 Å². The fraction of sp³-hybridized carbons (Fsp3) is 0.923. The SMILES string of the molecule is CC1COC(CO)CN1C(=O)C1CCC(C(F)(F)F)CN1. The molecule has 21 heavy (non-hydrogen) atoms. The van der Waals surface area contributed by atoms with Gasteiger partial charge in [-0.1, -0.05) is 0 Å². The molecule has 0 bridgehead atoms. The highest BCUT2D eigenvalue weighted by atomic mass is 19.4. The summed E-state index contributed by atoms with van der Waals surface area (Å²) in [6.45, 7) is 2.03. The van der Waals surface area contributed by atoms with Crippen molar-refractivity contribution in [3.63, 3.8) is 0 Å². The first-order valence-electron chi connectivity index (χ1n) is 7.16. The van der Waals surface area contributed by atoms with Crippen molar-refractivity contribution in [3.05, 3.63) is 0 Å². The molecule has 0 spiro atoms. The minimum absolute atomic E-state index is 0.0327. The van der Waals surface area contributed by atoms with Crippen LogP contribution in [-0.4, -0.2) is 66.6 Å². The standard InChI is InChI=1S/C13H21F3N2O3/c1-8-7-21-10(6-19)5-18(8)12(20)11-3-2-9(4-17-11)13(14,15)16/h8-11,17,19H,2-7H2,1H3. The Bertz CT molecular complexity index is 370. The van der Waals surface area contributed by atoms with Crippen LogP contribution >= 0.6 is 0 Å². The Morgan fingerprint density at radius 3 is 2.67 bits per heavy atom. The monoisotopic (exact) mass is 310 g/mol. The van der Waals surface area contributed by atoms with E-state index in [2.05, 4.69) is 5.32 Å². The lowest BCUT2D eigenvalue weighted by Gasteiger charge is -2.40. The Morgan fingerprint density at radius 1 is 1.43 bits per heavy atom. The van der Waals surface area contributed by atoms with Gasteiger partial charge in [-0.2, -0.15) is 13.2 Å². The van der Waals surface area contributed by atoms with E-state index in [1.807, 2.05) is 6.92 Å². The summed E-state index contributed by atoms with van der Waals surface area (Å²) in [6.07, 6.45) is -4.49. The van der Waals surface area contributed by atoms with Crippen LogP contribution in [0.2, 0.25) is 0 Å². The van der Waals surface area contributed by atoms with Gasteiger partial charge in [-0.3, -0.25) is 4.79 Å². The van der Waals surface area contributed by atoms with Gasteiger partial charge in [0.15, 0.2) is 0 Å². The summed E-state index contributed by atoms with van der Waals surface area (Å²) >= 11 is 0. The lowest BCUT2D eigenvalue weighted by Crippen LogP contribution is -2.59. The second-order valence-electron chi connectivity index (χ2n) is 5.75. The number of ether oxygens (including phenoxy) is 1. The lowest BCUT2D eigenvalue weighted by molar-refractivity contribution is -0.181. The molecule has 5 nitrogen and oxygen atoms in total. The Morgan fingerprint density at radius 2 is 2.14 bits per heavy atom. The quantitative estimate of drug-likeness (QED) is 0.781. The number of aliphatic hydroxyl groups is 1. The first-order chi connectivity index (χ1) is 9.82. The Hall–Kier alpha value is -0.860. The van der Waals surface area contributed by atoms with Crippen LogP contribution < -0.4 is 5.32 Å². The highest BCUT2D eigenvalue weighted by Crippen LogP contribution is 2.32. The highest BCUT2D eigenvalue weighted by molar-refractivity contribution is 5.82. The molecule has 2 N–H and O–H groups in total. The number of morpholine rings is 1. The molecule has 4 atom stereocenters. The van der Waals surface area contributed by atoms with Crippen molar-refractivity contribution in [2.75, 3.05) is 26.3 Å². The van der Waals surface area contributed by atoms with Crippen molar-refractivity contribution in [1.29, 1.82) is 0 Å². The topological polar surface area (TPSA) is 61.8 Å². The number of amides is 1. The van der Waals surface area contributed by atoms with Crippen LogP contribution in [0.1, 0.15) is 19.8 Å². The average Bonchev–Trinajstić information content (AvgIpc) is 2.46. The number of nitrogens with zero attached hydrogens (tertiary/aromatic N) is 1. The van der Waals surface area contributed by atoms with E-state index < -0.39 is 24.2 Å². The number of aliphatic hydroxyl groups excluding tert-OH is 1. The van der Waals surface area contributed by atoms with Gasteiger partial charge in [-0.25, -0.2) is 0 Å². The number of hydrogen-bond donors (Lipinski definition) is 2. The Balaban J connectivity index is 1.92. The molecule has 2 heterocycles. The molecule has 2 rings (SSSR count). The molecule has 0 saturated carbocycles. The number of alkyl halides is 3. The van der Waals surface area contributed by atoms with Crippen molar-refractivity contribution >= 4 is 5.91 Å². The van der Waals surface area contributed by atoms with Crippen LogP contribution in [0.3, 0.4) is 0 Å². The number of piperidine rings is 1. The zero-order valence-electron chi connectivity index (χ0n) is 11.9. The smallest absolute Gasteiger partial charge is 0.393 e. The summed E-state index contributed by atoms with van der Waals surface area (Å²) in [5.74, 6) is -1.58. The molecular formula is C13H21F3N2O3. The molecular weight excluding hydrogens is 289 g/mol. The van der Waals surface area contributed by atoms with Gasteiger partial charge in [0, 0.05) is 13.1 Å². The number of carbonyl (C=O) groups excluding carboxylic acids is 1. The molecule has 0 aliphatic carbocycles. The third-order valence-corrected chi connectivity index (χ3v) is 4.17. The zero-order chi connectivity index (χ0) is 15.6. The van der Waals surface area contributed by atoms with E-state index in [-0.39, 0.29) is 44.5 Å². The lowest BCUT2D eigenvalue weighted by atomic mass is 9.93. The fourth-order valence-electron chi connectivity index (χ4n) is 2.78. The van der Waals surface area contributed by atoms with E-state index in [4.69, 9.17) is 9.84 Å². The second kappa shape index (κ2) is 6.50. The highest BCUT2D eigenvalue weighted by Gasteiger charge is 2.43. The number of nitrogens with one attached hydrogen (secondary N) is 1. The van der Waals surface area contributed by atoms with Crippen molar-refractivity contribution in [1.82, 2.24) is 10.2 Å². The molecule has 2 aliphatic rings. The van der Waals surface area contributed by atoms with Crippen LogP contribution in [0.25, 0.3) is 0 Å². The van der Waals surface area contributed by atoms with Gasteiger partial charge >= 0.3 is 6.18 Å². The number of rotatable bonds is 2. The van der Waals surface area contributed by atoms with Gasteiger partial charge in [0.25, 0.3) is 0 Å². The normalized spacial score (nSPS) is 34.8. The minimum atomic E-state index is -4.21. The van der Waals surface area contributed by atoms with E-state index in [0.717, 1.165) is 0 Å². The maximum absolute atomic E-state index is 12.6. The minimum Gasteiger partial charge on any atom is -0.394 e. The fourth-order valence-corrected chi connectivity index (χ4v) is 2.78. The van der Waals surface area contributed by atoms with Gasteiger partial charge in [-0.05, 0) is 19.8 Å². The molecule has 8 heteroatoms. The largest absolute Gasteiger partial charge is 0.394 e. The Labute approximate surface area is 121 Å². The predicted octanol–water partition coefficient (Wildman–Crippen LogP) is 0.525. The summed E-state index contributed by atoms with van der Waals surface area (Å²) in [5, 5.41) is 11.8. The average molecular weight is 310 g/mol. The first-order valence-corrected chi connectivity index (χ1v) is 7.16. The maximum Gasteiger partial charge on any atom is 0.393 e. The third-order valence-electron chi connectivity index (χ3n) is 4.17. The molecule has 1 amide bonds. The van der Waals surface area contributed by atoms with Crippen molar-refractivity contribution in [2.45, 2.75) is 44.1 Å². The van der Waals surface area contributed by atoms with E-state index in [9.17, 15) is 18.0 Å². The van der Waals surface area contributed by atoms with Crippen LogP contribution in [-0.2, 0) is 9.53 Å². The second-order valence-corrected chi connectivity index (χ2v) is 5.75. The van der Waals surface area contributed by atoms with Gasteiger partial charge in [0.2, 0.25) is 5.91 Å². The molecule has 2 fully saturated rings. The van der Waals surface area contributed by atoms with Gasteiger partial charge < -0.3 is 20.1 Å². The summed E-state index contributed by atoms with van der Waals surface area (Å²) in [5.41, 5.74) is 0. The van der Waals surface area contributed by atoms with Crippen molar-refractivity contribution in [3.8, 4) is 0 Å². The maximum atomic E-state index is 12.6. The Kier molecular flexibility index (Phi) is 5.11.